The molecule has 0 spiro atoms. The topological polar surface area (TPSA) is 90.7 Å². The van der Waals surface area contributed by atoms with Gasteiger partial charge in [-0.05, 0) is 31.2 Å². The number of aryl methyl sites for hydroxylation is 1. The molecule has 2 N–H and O–H groups in total. The Hall–Kier alpha value is -3.79. The maximum absolute atomic E-state index is 13.7. The van der Waals surface area contributed by atoms with Crippen LogP contribution in [0.4, 0.5) is 16.0 Å². The summed E-state index contributed by atoms with van der Waals surface area (Å²) in [5.41, 5.74) is 2.10. The third-order valence-corrected chi connectivity index (χ3v) is 3.78. The number of carbonyl (C=O) groups is 1. The first-order chi connectivity index (χ1) is 13.1. The van der Waals surface area contributed by atoms with E-state index in [2.05, 4.69) is 26.7 Å². The van der Waals surface area contributed by atoms with Crippen molar-refractivity contribution in [1.82, 2.24) is 15.3 Å². The molecule has 0 aliphatic rings. The summed E-state index contributed by atoms with van der Waals surface area (Å²) >= 11 is 0. The molecule has 0 radical (unpaired) electrons. The van der Waals surface area contributed by atoms with Crippen molar-refractivity contribution < 1.29 is 9.18 Å². The number of hydrogen-bond donors (Lipinski definition) is 2. The molecule has 0 unspecified atom stereocenters. The minimum Gasteiger partial charge on any atom is -0.347 e. The highest BCUT2D eigenvalue weighted by Gasteiger charge is 2.12. The highest BCUT2D eigenvalue weighted by Crippen LogP contribution is 2.18. The van der Waals surface area contributed by atoms with E-state index in [1.807, 2.05) is 0 Å². The summed E-state index contributed by atoms with van der Waals surface area (Å²) in [6.45, 7) is 1.78. The summed E-state index contributed by atoms with van der Waals surface area (Å²) in [5, 5.41) is 14.8. The number of aromatic nitrogens is 2. The molecule has 0 aliphatic carbocycles. The SMILES string of the molecule is Cc1cc(C(=O)NCc2ccccc2F)nc(Nc2ccccc2C#N)n1. The lowest BCUT2D eigenvalue weighted by Gasteiger charge is -2.10. The van der Waals surface area contributed by atoms with Crippen molar-refractivity contribution in [3.05, 3.63) is 82.9 Å². The number of benzene rings is 2. The number of anilines is 2. The van der Waals surface area contributed by atoms with Crippen molar-refractivity contribution in [3.63, 3.8) is 0 Å². The predicted octanol–water partition coefficient (Wildman–Crippen LogP) is 3.47. The molecular weight excluding hydrogens is 345 g/mol. The van der Waals surface area contributed by atoms with Crippen LogP contribution < -0.4 is 10.6 Å². The number of amides is 1. The molecule has 3 rings (SSSR count). The lowest BCUT2D eigenvalue weighted by molar-refractivity contribution is 0.0945. The van der Waals surface area contributed by atoms with Gasteiger partial charge in [-0.25, -0.2) is 14.4 Å². The van der Waals surface area contributed by atoms with E-state index in [9.17, 15) is 9.18 Å². The molecule has 0 atom stereocenters. The zero-order valence-corrected chi connectivity index (χ0v) is 14.5. The fourth-order valence-electron chi connectivity index (χ4n) is 2.46. The van der Waals surface area contributed by atoms with Gasteiger partial charge >= 0.3 is 0 Å². The summed E-state index contributed by atoms with van der Waals surface area (Å²) in [7, 11) is 0. The van der Waals surface area contributed by atoms with E-state index in [1.54, 1.807) is 49.4 Å². The van der Waals surface area contributed by atoms with E-state index in [4.69, 9.17) is 5.26 Å². The van der Waals surface area contributed by atoms with Gasteiger partial charge in [-0.15, -0.1) is 0 Å². The predicted molar refractivity (Wildman–Crippen MR) is 98.8 cm³/mol. The quantitative estimate of drug-likeness (QED) is 0.726. The van der Waals surface area contributed by atoms with Crippen LogP contribution in [-0.2, 0) is 6.54 Å². The summed E-state index contributed by atoms with van der Waals surface area (Å²) in [6.07, 6.45) is 0. The number of nitrogens with zero attached hydrogens (tertiary/aromatic N) is 3. The Labute approximate surface area is 155 Å². The zero-order chi connectivity index (χ0) is 19.2. The average Bonchev–Trinajstić information content (AvgIpc) is 2.67. The Kier molecular flexibility index (Phi) is 5.38. The van der Waals surface area contributed by atoms with Crippen LogP contribution in [0.15, 0.2) is 54.6 Å². The monoisotopic (exact) mass is 361 g/mol. The second-order valence-electron chi connectivity index (χ2n) is 5.77. The van der Waals surface area contributed by atoms with Crippen molar-refractivity contribution in [2.24, 2.45) is 0 Å². The lowest BCUT2D eigenvalue weighted by atomic mass is 10.2. The summed E-state index contributed by atoms with van der Waals surface area (Å²) in [4.78, 5) is 20.9. The Morgan fingerprint density at radius 1 is 1.15 bits per heavy atom. The van der Waals surface area contributed by atoms with Gasteiger partial charge in [0, 0.05) is 17.8 Å². The van der Waals surface area contributed by atoms with Crippen molar-refractivity contribution in [2.75, 3.05) is 5.32 Å². The third-order valence-electron chi connectivity index (χ3n) is 3.78. The van der Waals surface area contributed by atoms with Crippen molar-refractivity contribution in [2.45, 2.75) is 13.5 Å². The minimum absolute atomic E-state index is 0.0502. The maximum atomic E-state index is 13.7. The van der Waals surface area contributed by atoms with E-state index < -0.39 is 5.91 Å². The molecule has 0 saturated heterocycles. The summed E-state index contributed by atoms with van der Waals surface area (Å²) in [6, 6.07) is 16.8. The van der Waals surface area contributed by atoms with Crippen LogP contribution in [0.1, 0.15) is 27.3 Å². The Morgan fingerprint density at radius 3 is 2.67 bits per heavy atom. The smallest absolute Gasteiger partial charge is 0.270 e. The van der Waals surface area contributed by atoms with Gasteiger partial charge in [0.1, 0.15) is 17.6 Å². The molecular formula is C20H16FN5O. The normalized spacial score (nSPS) is 10.1. The van der Waals surface area contributed by atoms with Crippen molar-refractivity contribution in [1.29, 1.82) is 5.26 Å². The Balaban J connectivity index is 1.77. The van der Waals surface area contributed by atoms with Crippen LogP contribution in [0.2, 0.25) is 0 Å². The summed E-state index contributed by atoms with van der Waals surface area (Å²) in [5.74, 6) is -0.624. The van der Waals surface area contributed by atoms with Gasteiger partial charge in [0.15, 0.2) is 0 Å². The van der Waals surface area contributed by atoms with Gasteiger partial charge in [-0.1, -0.05) is 30.3 Å². The maximum Gasteiger partial charge on any atom is 0.270 e. The van der Waals surface area contributed by atoms with Crippen LogP contribution in [0.3, 0.4) is 0 Å². The number of nitriles is 1. The number of hydrogen-bond acceptors (Lipinski definition) is 5. The number of nitrogens with one attached hydrogen (secondary N) is 2. The highest BCUT2D eigenvalue weighted by atomic mass is 19.1. The third kappa shape index (κ3) is 4.44. The first-order valence-electron chi connectivity index (χ1n) is 8.20. The largest absolute Gasteiger partial charge is 0.347 e. The molecule has 6 nitrogen and oxygen atoms in total. The molecule has 7 heteroatoms. The lowest BCUT2D eigenvalue weighted by Crippen LogP contribution is -2.25. The van der Waals surface area contributed by atoms with Gasteiger partial charge in [-0.2, -0.15) is 5.26 Å². The zero-order valence-electron chi connectivity index (χ0n) is 14.5. The van der Waals surface area contributed by atoms with Gasteiger partial charge in [-0.3, -0.25) is 4.79 Å². The number of rotatable bonds is 5. The van der Waals surface area contributed by atoms with Gasteiger partial charge in [0.2, 0.25) is 5.95 Å². The van der Waals surface area contributed by atoms with Gasteiger partial charge < -0.3 is 10.6 Å². The first kappa shape index (κ1) is 18.0. The molecule has 1 heterocycles. The fraction of sp³-hybridized carbons (Fsp3) is 0.100. The number of halogens is 1. The Morgan fingerprint density at radius 2 is 1.89 bits per heavy atom. The molecule has 1 amide bonds. The van der Waals surface area contributed by atoms with Gasteiger partial charge in [0.25, 0.3) is 5.91 Å². The van der Waals surface area contributed by atoms with E-state index >= 15 is 0 Å². The van der Waals surface area contributed by atoms with Crippen molar-refractivity contribution in [3.8, 4) is 6.07 Å². The first-order valence-corrected chi connectivity index (χ1v) is 8.20. The molecule has 1 aromatic heterocycles. The second kappa shape index (κ2) is 8.06. The molecule has 0 saturated carbocycles. The Bertz CT molecular complexity index is 1030. The molecule has 2 aromatic carbocycles. The molecule has 0 aliphatic heterocycles. The molecule has 3 aromatic rings. The van der Waals surface area contributed by atoms with E-state index in [0.29, 0.717) is 22.5 Å². The fourth-order valence-corrected chi connectivity index (χ4v) is 2.46. The van der Waals surface area contributed by atoms with Crippen LogP contribution in [-0.4, -0.2) is 15.9 Å². The molecule has 134 valence electrons. The van der Waals surface area contributed by atoms with Crippen LogP contribution in [0.5, 0.6) is 0 Å². The van der Waals surface area contributed by atoms with Crippen LogP contribution in [0, 0.1) is 24.1 Å². The van der Waals surface area contributed by atoms with Crippen molar-refractivity contribution >= 4 is 17.5 Å². The van der Waals surface area contributed by atoms with E-state index in [1.165, 1.54) is 12.1 Å². The second-order valence-corrected chi connectivity index (χ2v) is 5.77. The molecule has 27 heavy (non-hydrogen) atoms. The van der Waals surface area contributed by atoms with Gasteiger partial charge in [0.05, 0.1) is 11.3 Å². The van der Waals surface area contributed by atoms with E-state index in [0.717, 1.165) is 0 Å². The number of carbonyl (C=O) groups excluding carboxylic acids is 1. The number of para-hydroxylation sites is 1. The minimum atomic E-state index is -0.444. The highest BCUT2D eigenvalue weighted by molar-refractivity contribution is 5.92. The standard InChI is InChI=1S/C20H16FN5O/c1-13-10-18(19(27)23-12-15-7-2-4-8-16(15)21)26-20(24-13)25-17-9-5-3-6-14(17)11-22/h2-10H,12H2,1H3,(H,23,27)(H,24,25,26). The summed E-state index contributed by atoms with van der Waals surface area (Å²) < 4.78 is 13.7. The average molecular weight is 361 g/mol. The molecule has 0 bridgehead atoms. The molecule has 0 fully saturated rings. The van der Waals surface area contributed by atoms with E-state index in [-0.39, 0.29) is 24.0 Å². The van der Waals surface area contributed by atoms with Crippen LogP contribution in [0.25, 0.3) is 0 Å². The van der Waals surface area contributed by atoms with Crippen LogP contribution >= 0.6 is 0 Å².